The maximum atomic E-state index is 11.1. The second-order valence-corrected chi connectivity index (χ2v) is 6.69. The van der Waals surface area contributed by atoms with Gasteiger partial charge in [-0.05, 0) is 54.1 Å². The number of fused-ring (bicyclic) bond motifs is 1. The van der Waals surface area contributed by atoms with Crippen molar-refractivity contribution in [1.82, 2.24) is 4.57 Å². The van der Waals surface area contributed by atoms with Crippen molar-refractivity contribution < 1.29 is 9.84 Å². The minimum Gasteiger partial charge on any atom is -0.493 e. The SMILES string of the molecule is Cc1cc(Br)cc2c(N=O)c(O)n(CCOc3ccc(Cl)cc3)c12. The Kier molecular flexibility index (Phi) is 4.78. The van der Waals surface area contributed by atoms with Crippen molar-refractivity contribution in [3.63, 3.8) is 0 Å². The molecule has 0 aliphatic carbocycles. The molecule has 0 bridgehead atoms. The lowest BCUT2D eigenvalue weighted by molar-refractivity contribution is 0.290. The Morgan fingerprint density at radius 2 is 2.00 bits per heavy atom. The van der Waals surface area contributed by atoms with Crippen molar-refractivity contribution in [1.29, 1.82) is 0 Å². The van der Waals surface area contributed by atoms with Gasteiger partial charge < -0.3 is 14.4 Å². The van der Waals surface area contributed by atoms with Gasteiger partial charge in [0.15, 0.2) is 5.69 Å². The Balaban J connectivity index is 1.90. The Hall–Kier alpha value is -2.05. The third-order valence-electron chi connectivity index (χ3n) is 3.75. The van der Waals surface area contributed by atoms with Gasteiger partial charge in [-0.2, -0.15) is 0 Å². The Morgan fingerprint density at radius 1 is 1.29 bits per heavy atom. The first kappa shape index (κ1) is 16.8. The third-order valence-corrected chi connectivity index (χ3v) is 4.46. The summed E-state index contributed by atoms with van der Waals surface area (Å²) in [5, 5.41) is 14.6. The molecule has 7 heteroatoms. The summed E-state index contributed by atoms with van der Waals surface area (Å²) < 4.78 is 8.14. The molecule has 5 nitrogen and oxygen atoms in total. The van der Waals surface area contributed by atoms with E-state index in [1.165, 1.54) is 0 Å². The molecule has 1 aromatic heterocycles. The Labute approximate surface area is 151 Å². The van der Waals surface area contributed by atoms with Crippen molar-refractivity contribution in [2.75, 3.05) is 6.61 Å². The fourth-order valence-electron chi connectivity index (χ4n) is 2.72. The molecular weight excluding hydrogens is 396 g/mol. The first-order valence-corrected chi connectivity index (χ1v) is 8.41. The zero-order chi connectivity index (χ0) is 17.3. The molecule has 0 unspecified atom stereocenters. The van der Waals surface area contributed by atoms with E-state index in [9.17, 15) is 10.0 Å². The van der Waals surface area contributed by atoms with Gasteiger partial charge >= 0.3 is 0 Å². The average Bonchev–Trinajstić information content (AvgIpc) is 2.81. The summed E-state index contributed by atoms with van der Waals surface area (Å²) in [7, 11) is 0. The van der Waals surface area contributed by atoms with Crippen molar-refractivity contribution in [2.24, 2.45) is 5.18 Å². The monoisotopic (exact) mass is 408 g/mol. The molecule has 0 aliphatic rings. The maximum absolute atomic E-state index is 11.1. The smallest absolute Gasteiger partial charge is 0.222 e. The molecule has 0 spiro atoms. The molecular formula is C17H14BrClN2O3. The molecule has 3 aromatic rings. The number of halogens is 2. The minimum atomic E-state index is -0.152. The molecule has 124 valence electrons. The van der Waals surface area contributed by atoms with Crippen LogP contribution < -0.4 is 4.74 Å². The lowest BCUT2D eigenvalue weighted by atomic mass is 10.1. The largest absolute Gasteiger partial charge is 0.493 e. The number of nitroso groups, excluding NO2 is 1. The highest BCUT2D eigenvalue weighted by Gasteiger charge is 2.19. The number of ether oxygens (including phenoxy) is 1. The molecule has 0 aliphatic heterocycles. The predicted molar refractivity (Wildman–Crippen MR) is 98.4 cm³/mol. The number of aromatic nitrogens is 1. The van der Waals surface area contributed by atoms with E-state index in [1.54, 1.807) is 34.9 Å². The number of nitrogens with zero attached hydrogens (tertiary/aromatic N) is 2. The van der Waals surface area contributed by atoms with Crippen LogP contribution in [-0.2, 0) is 6.54 Å². The highest BCUT2D eigenvalue weighted by atomic mass is 79.9. The normalized spacial score (nSPS) is 11.0. The molecule has 1 heterocycles. The number of hydrogen-bond acceptors (Lipinski definition) is 4. The van der Waals surface area contributed by atoms with Crippen LogP contribution in [0.1, 0.15) is 5.56 Å². The first-order chi connectivity index (χ1) is 11.5. The maximum Gasteiger partial charge on any atom is 0.222 e. The molecule has 1 N–H and O–H groups in total. The van der Waals surface area contributed by atoms with Gasteiger partial charge in [-0.1, -0.05) is 27.5 Å². The molecule has 24 heavy (non-hydrogen) atoms. The van der Waals surface area contributed by atoms with Crippen LogP contribution >= 0.6 is 27.5 Å². The van der Waals surface area contributed by atoms with Gasteiger partial charge in [0.2, 0.25) is 5.88 Å². The zero-order valence-corrected chi connectivity index (χ0v) is 15.1. The minimum absolute atomic E-state index is 0.0425. The number of aryl methyl sites for hydroxylation is 1. The number of hydrogen-bond donors (Lipinski definition) is 1. The molecule has 0 saturated carbocycles. The lowest BCUT2D eigenvalue weighted by Crippen LogP contribution is -2.08. The van der Waals surface area contributed by atoms with E-state index in [1.807, 2.05) is 13.0 Å². The van der Waals surface area contributed by atoms with Crippen molar-refractivity contribution >= 4 is 44.1 Å². The second kappa shape index (κ2) is 6.83. The molecule has 0 amide bonds. The van der Waals surface area contributed by atoms with E-state index >= 15 is 0 Å². The van der Waals surface area contributed by atoms with E-state index in [4.69, 9.17) is 16.3 Å². The van der Waals surface area contributed by atoms with Gasteiger partial charge in [0, 0.05) is 14.9 Å². The van der Waals surface area contributed by atoms with Crippen LogP contribution in [0, 0.1) is 11.8 Å². The summed E-state index contributed by atoms with van der Waals surface area (Å²) in [4.78, 5) is 11.1. The summed E-state index contributed by atoms with van der Waals surface area (Å²) in [6, 6.07) is 10.7. The van der Waals surface area contributed by atoms with Gasteiger partial charge in [0.25, 0.3) is 0 Å². The number of benzene rings is 2. The van der Waals surface area contributed by atoms with Gasteiger partial charge in [0.1, 0.15) is 12.4 Å². The van der Waals surface area contributed by atoms with Gasteiger partial charge in [-0.25, -0.2) is 0 Å². The van der Waals surface area contributed by atoms with Crippen LogP contribution in [0.5, 0.6) is 11.6 Å². The van der Waals surface area contributed by atoms with Crippen LogP contribution in [0.3, 0.4) is 0 Å². The quantitative estimate of drug-likeness (QED) is 0.562. The number of rotatable bonds is 5. The zero-order valence-electron chi connectivity index (χ0n) is 12.8. The molecule has 0 radical (unpaired) electrons. The molecule has 2 aromatic carbocycles. The van der Waals surface area contributed by atoms with Gasteiger partial charge in [-0.15, -0.1) is 4.91 Å². The van der Waals surface area contributed by atoms with E-state index in [2.05, 4.69) is 21.1 Å². The first-order valence-electron chi connectivity index (χ1n) is 7.24. The number of aromatic hydroxyl groups is 1. The fraction of sp³-hybridized carbons (Fsp3) is 0.176. The summed E-state index contributed by atoms with van der Waals surface area (Å²) in [6.45, 7) is 2.62. The molecule has 0 fully saturated rings. The van der Waals surface area contributed by atoms with Crippen molar-refractivity contribution in [3.05, 3.63) is 56.4 Å². The van der Waals surface area contributed by atoms with Crippen LogP contribution in [-0.4, -0.2) is 16.3 Å². The fourth-order valence-corrected chi connectivity index (χ4v) is 3.42. The van der Waals surface area contributed by atoms with Gasteiger partial charge in [-0.3, -0.25) is 0 Å². The summed E-state index contributed by atoms with van der Waals surface area (Å²) in [5.74, 6) is 0.532. The van der Waals surface area contributed by atoms with Crippen LogP contribution in [0.25, 0.3) is 10.9 Å². The third kappa shape index (κ3) is 3.12. The standard InChI is InChI=1S/C17H14BrClN2O3/c1-10-8-11(18)9-14-15(20-23)17(22)21(16(10)14)6-7-24-13-4-2-12(19)3-5-13/h2-5,8-9,22H,6-7H2,1H3. The van der Waals surface area contributed by atoms with Crippen molar-refractivity contribution in [2.45, 2.75) is 13.5 Å². The van der Waals surface area contributed by atoms with Crippen LogP contribution in [0.2, 0.25) is 5.02 Å². The molecule has 0 atom stereocenters. The predicted octanol–water partition coefficient (Wildman–Crippen LogP) is 5.55. The van der Waals surface area contributed by atoms with E-state index in [0.717, 1.165) is 15.6 Å². The second-order valence-electron chi connectivity index (χ2n) is 5.34. The van der Waals surface area contributed by atoms with Gasteiger partial charge in [0.05, 0.1) is 12.1 Å². The lowest BCUT2D eigenvalue weighted by Gasteiger charge is -2.10. The van der Waals surface area contributed by atoms with Crippen LogP contribution in [0.4, 0.5) is 5.69 Å². The summed E-state index contributed by atoms with van der Waals surface area (Å²) in [5.41, 5.74) is 1.74. The van der Waals surface area contributed by atoms with Crippen LogP contribution in [0.15, 0.2) is 46.0 Å². The summed E-state index contributed by atoms with van der Waals surface area (Å²) >= 11 is 9.24. The van der Waals surface area contributed by atoms with E-state index < -0.39 is 0 Å². The highest BCUT2D eigenvalue weighted by Crippen LogP contribution is 2.41. The Morgan fingerprint density at radius 3 is 2.67 bits per heavy atom. The highest BCUT2D eigenvalue weighted by molar-refractivity contribution is 9.10. The topological polar surface area (TPSA) is 63.8 Å². The Bertz CT molecular complexity index is 907. The summed E-state index contributed by atoms with van der Waals surface area (Å²) in [6.07, 6.45) is 0. The van der Waals surface area contributed by atoms with E-state index in [-0.39, 0.29) is 11.6 Å². The average molecular weight is 410 g/mol. The van der Waals surface area contributed by atoms with E-state index in [0.29, 0.717) is 29.3 Å². The molecule has 3 rings (SSSR count). The van der Waals surface area contributed by atoms with Crippen molar-refractivity contribution in [3.8, 4) is 11.6 Å². The molecule has 0 saturated heterocycles.